The number of nitrogens with zero attached hydrogens (tertiary/aromatic N) is 2. The molecule has 32 heavy (non-hydrogen) atoms. The Morgan fingerprint density at radius 1 is 1.03 bits per heavy atom. The zero-order valence-electron chi connectivity index (χ0n) is 18.4. The second kappa shape index (κ2) is 10.2. The summed E-state index contributed by atoms with van der Waals surface area (Å²) in [5.74, 6) is 0.817. The molecule has 4 rings (SSSR count). The summed E-state index contributed by atoms with van der Waals surface area (Å²) >= 11 is 3.34. The summed E-state index contributed by atoms with van der Waals surface area (Å²) in [5.41, 5.74) is 2.94. The maximum absolute atomic E-state index is 13.4. The fraction of sp³-hybridized carbons (Fsp3) is 0.231. The Hall–Kier alpha value is -2.83. The van der Waals surface area contributed by atoms with Gasteiger partial charge in [-0.3, -0.25) is 9.69 Å². The molecule has 1 amide bonds. The van der Waals surface area contributed by atoms with Crippen LogP contribution in [0.5, 0.6) is 5.75 Å². The Morgan fingerprint density at radius 3 is 2.47 bits per heavy atom. The zero-order valence-corrected chi connectivity index (χ0v) is 20.1. The Balaban J connectivity index is 1.61. The Kier molecular flexibility index (Phi) is 7.12. The second-order valence-corrected chi connectivity index (χ2v) is 10.4. The van der Waals surface area contributed by atoms with Gasteiger partial charge in [-0.25, -0.2) is 4.98 Å². The molecular formula is C26H26N2O2S2. The highest BCUT2D eigenvalue weighted by molar-refractivity contribution is 7.99. The second-order valence-electron chi connectivity index (χ2n) is 7.78. The normalized spacial score (nSPS) is 11.1. The number of carbonyl (C=O) groups excluding carboxylic acids is 1. The van der Waals surface area contributed by atoms with Gasteiger partial charge in [0.25, 0.3) is 0 Å². The molecule has 3 aromatic carbocycles. The van der Waals surface area contributed by atoms with Gasteiger partial charge in [0.15, 0.2) is 5.13 Å². The highest BCUT2D eigenvalue weighted by atomic mass is 32.2. The molecule has 4 aromatic rings. The number of ether oxygens (including phenoxy) is 1. The van der Waals surface area contributed by atoms with Crippen LogP contribution in [0, 0.1) is 0 Å². The summed E-state index contributed by atoms with van der Waals surface area (Å²) in [5, 5.41) is 1.23. The first-order valence-electron chi connectivity index (χ1n) is 10.6. The molecule has 0 aliphatic carbocycles. The van der Waals surface area contributed by atoms with Crippen LogP contribution in [0.4, 0.5) is 5.13 Å². The number of anilines is 1. The molecule has 0 radical (unpaired) electrons. The third-order valence-electron chi connectivity index (χ3n) is 4.95. The first-order chi connectivity index (χ1) is 15.5. The molecule has 0 aliphatic rings. The third-order valence-corrected chi connectivity index (χ3v) is 7.01. The van der Waals surface area contributed by atoms with Crippen LogP contribution in [0.3, 0.4) is 0 Å². The van der Waals surface area contributed by atoms with E-state index >= 15 is 0 Å². The standard InChI is InChI=1S/C26H26N2O2S2/c1-18(2)31-22-12-9-19(10-13-22)15-25(29)28(17-20-7-5-4-6-8-20)26-27-23-14-11-21(30-3)16-24(23)32-26/h4-14,16,18H,15,17H2,1-3H3. The van der Waals surface area contributed by atoms with E-state index in [1.807, 2.05) is 72.4 Å². The summed E-state index contributed by atoms with van der Waals surface area (Å²) in [6.45, 7) is 4.84. The summed E-state index contributed by atoms with van der Waals surface area (Å²) in [6.07, 6.45) is 0.332. The molecule has 0 spiro atoms. The van der Waals surface area contributed by atoms with Gasteiger partial charge in [-0.2, -0.15) is 0 Å². The zero-order chi connectivity index (χ0) is 22.5. The van der Waals surface area contributed by atoms with E-state index in [0.29, 0.717) is 23.3 Å². The van der Waals surface area contributed by atoms with Crippen molar-refractivity contribution in [1.82, 2.24) is 4.98 Å². The molecule has 0 fully saturated rings. The van der Waals surface area contributed by atoms with Gasteiger partial charge >= 0.3 is 0 Å². The molecule has 4 nitrogen and oxygen atoms in total. The van der Waals surface area contributed by atoms with Crippen molar-refractivity contribution in [3.63, 3.8) is 0 Å². The number of benzene rings is 3. The fourth-order valence-corrected chi connectivity index (χ4v) is 5.24. The molecule has 0 aliphatic heterocycles. The number of hydrogen-bond donors (Lipinski definition) is 0. The van der Waals surface area contributed by atoms with Crippen molar-refractivity contribution in [2.24, 2.45) is 0 Å². The Labute approximate surface area is 197 Å². The average Bonchev–Trinajstić information content (AvgIpc) is 3.22. The van der Waals surface area contributed by atoms with Crippen molar-refractivity contribution in [3.05, 3.63) is 83.9 Å². The molecule has 164 valence electrons. The monoisotopic (exact) mass is 462 g/mol. The van der Waals surface area contributed by atoms with Crippen LogP contribution < -0.4 is 9.64 Å². The quantitative estimate of drug-likeness (QED) is 0.277. The predicted molar refractivity (Wildman–Crippen MR) is 135 cm³/mol. The Bertz CT molecular complexity index is 1190. The van der Waals surface area contributed by atoms with E-state index in [1.54, 1.807) is 12.0 Å². The van der Waals surface area contributed by atoms with Gasteiger partial charge in [0.1, 0.15) is 5.75 Å². The number of thiazole rings is 1. The molecule has 0 atom stereocenters. The summed E-state index contributed by atoms with van der Waals surface area (Å²) in [7, 11) is 1.65. The Morgan fingerprint density at radius 2 is 1.78 bits per heavy atom. The van der Waals surface area contributed by atoms with E-state index in [1.165, 1.54) is 16.2 Å². The van der Waals surface area contributed by atoms with E-state index in [9.17, 15) is 4.79 Å². The number of fused-ring (bicyclic) bond motifs is 1. The van der Waals surface area contributed by atoms with Crippen LogP contribution in [0.2, 0.25) is 0 Å². The van der Waals surface area contributed by atoms with Crippen LogP contribution >= 0.6 is 23.1 Å². The van der Waals surface area contributed by atoms with E-state index < -0.39 is 0 Å². The first kappa shape index (κ1) is 22.4. The lowest BCUT2D eigenvalue weighted by Gasteiger charge is -2.20. The topological polar surface area (TPSA) is 42.4 Å². The number of thioether (sulfide) groups is 1. The van der Waals surface area contributed by atoms with Gasteiger partial charge in [-0.05, 0) is 41.5 Å². The average molecular weight is 463 g/mol. The van der Waals surface area contributed by atoms with Crippen LogP contribution in [0.15, 0.2) is 77.7 Å². The smallest absolute Gasteiger partial charge is 0.233 e. The van der Waals surface area contributed by atoms with Crippen molar-refractivity contribution < 1.29 is 9.53 Å². The van der Waals surface area contributed by atoms with Gasteiger partial charge < -0.3 is 4.74 Å². The van der Waals surface area contributed by atoms with Gasteiger partial charge in [-0.15, -0.1) is 11.8 Å². The minimum atomic E-state index is 0.0316. The van der Waals surface area contributed by atoms with Crippen molar-refractivity contribution in [2.75, 3.05) is 12.0 Å². The predicted octanol–water partition coefficient (Wildman–Crippen LogP) is 6.58. The highest BCUT2D eigenvalue weighted by Crippen LogP contribution is 2.33. The molecular weight excluding hydrogens is 436 g/mol. The van der Waals surface area contributed by atoms with Crippen molar-refractivity contribution in [2.45, 2.75) is 37.0 Å². The van der Waals surface area contributed by atoms with Gasteiger partial charge in [-0.1, -0.05) is 67.6 Å². The van der Waals surface area contributed by atoms with E-state index in [-0.39, 0.29) is 5.91 Å². The molecule has 0 N–H and O–H groups in total. The lowest BCUT2D eigenvalue weighted by Crippen LogP contribution is -2.31. The summed E-state index contributed by atoms with van der Waals surface area (Å²) < 4.78 is 6.34. The van der Waals surface area contributed by atoms with Crippen LogP contribution in [-0.4, -0.2) is 23.3 Å². The molecule has 0 unspecified atom stereocenters. The molecule has 0 saturated carbocycles. The van der Waals surface area contributed by atoms with Gasteiger partial charge in [0.2, 0.25) is 5.91 Å². The number of hydrogen-bond acceptors (Lipinski definition) is 5. The highest BCUT2D eigenvalue weighted by Gasteiger charge is 2.21. The maximum atomic E-state index is 13.4. The van der Waals surface area contributed by atoms with Crippen molar-refractivity contribution >= 4 is 44.4 Å². The van der Waals surface area contributed by atoms with Crippen LogP contribution in [0.1, 0.15) is 25.0 Å². The molecule has 0 bridgehead atoms. The van der Waals surface area contributed by atoms with Crippen LogP contribution in [0.25, 0.3) is 10.2 Å². The van der Waals surface area contributed by atoms with Crippen LogP contribution in [-0.2, 0) is 17.8 Å². The molecule has 1 aromatic heterocycles. The lowest BCUT2D eigenvalue weighted by molar-refractivity contribution is -0.118. The van der Waals surface area contributed by atoms with Crippen molar-refractivity contribution in [3.8, 4) is 5.75 Å². The maximum Gasteiger partial charge on any atom is 0.233 e. The van der Waals surface area contributed by atoms with E-state index in [4.69, 9.17) is 9.72 Å². The SMILES string of the molecule is COc1ccc2nc(N(Cc3ccccc3)C(=O)Cc3ccc(SC(C)C)cc3)sc2c1. The molecule has 6 heteroatoms. The largest absolute Gasteiger partial charge is 0.497 e. The number of carbonyl (C=O) groups is 1. The summed E-state index contributed by atoms with van der Waals surface area (Å²) in [6, 6.07) is 24.1. The molecule has 1 heterocycles. The first-order valence-corrected chi connectivity index (χ1v) is 12.3. The summed E-state index contributed by atoms with van der Waals surface area (Å²) in [4.78, 5) is 21.2. The minimum Gasteiger partial charge on any atom is -0.497 e. The van der Waals surface area contributed by atoms with E-state index in [2.05, 4.69) is 26.0 Å². The lowest BCUT2D eigenvalue weighted by atomic mass is 10.1. The third kappa shape index (κ3) is 5.50. The number of amides is 1. The fourth-order valence-electron chi connectivity index (χ4n) is 3.39. The van der Waals surface area contributed by atoms with Crippen molar-refractivity contribution in [1.29, 1.82) is 0 Å². The number of rotatable bonds is 8. The number of methoxy groups -OCH3 is 1. The van der Waals surface area contributed by atoms with E-state index in [0.717, 1.165) is 27.1 Å². The van der Waals surface area contributed by atoms with Gasteiger partial charge in [0, 0.05) is 10.1 Å². The number of aromatic nitrogens is 1. The van der Waals surface area contributed by atoms with Gasteiger partial charge in [0.05, 0.1) is 30.3 Å². The molecule has 0 saturated heterocycles. The minimum absolute atomic E-state index is 0.0316.